The lowest BCUT2D eigenvalue weighted by Gasteiger charge is -2.17. The van der Waals surface area contributed by atoms with Gasteiger partial charge in [-0.2, -0.15) is 0 Å². The van der Waals surface area contributed by atoms with Crippen molar-refractivity contribution in [1.82, 2.24) is 5.32 Å². The standard InChI is InChI=1S/C19H23BrFNO2/c1-4-23-18-10-15(9-17(20)19(18)24-13(2)3)12-22-11-14-5-7-16(21)8-6-14/h5-10,13,22H,4,11-12H2,1-3H3. The zero-order valence-corrected chi connectivity index (χ0v) is 15.8. The Morgan fingerprint density at radius 1 is 1.08 bits per heavy atom. The molecule has 130 valence electrons. The minimum absolute atomic E-state index is 0.0722. The summed E-state index contributed by atoms with van der Waals surface area (Å²) in [5, 5.41) is 3.35. The van der Waals surface area contributed by atoms with Crippen molar-refractivity contribution in [2.45, 2.75) is 40.0 Å². The first-order valence-electron chi connectivity index (χ1n) is 8.06. The van der Waals surface area contributed by atoms with Gasteiger partial charge in [-0.05, 0) is 72.1 Å². The van der Waals surface area contributed by atoms with Gasteiger partial charge in [0.15, 0.2) is 11.5 Å². The van der Waals surface area contributed by atoms with E-state index in [-0.39, 0.29) is 11.9 Å². The number of halogens is 2. The van der Waals surface area contributed by atoms with Crippen LogP contribution in [0.5, 0.6) is 11.5 Å². The summed E-state index contributed by atoms with van der Waals surface area (Å²) in [5.41, 5.74) is 2.13. The van der Waals surface area contributed by atoms with Crippen LogP contribution in [0.3, 0.4) is 0 Å². The fourth-order valence-electron chi connectivity index (χ4n) is 2.29. The topological polar surface area (TPSA) is 30.5 Å². The molecule has 0 fully saturated rings. The highest BCUT2D eigenvalue weighted by molar-refractivity contribution is 9.10. The van der Waals surface area contributed by atoms with Crippen LogP contribution in [0.2, 0.25) is 0 Å². The Kier molecular flexibility index (Phi) is 7.06. The SMILES string of the molecule is CCOc1cc(CNCc2ccc(F)cc2)cc(Br)c1OC(C)C. The van der Waals surface area contributed by atoms with Crippen molar-refractivity contribution in [1.29, 1.82) is 0 Å². The lowest BCUT2D eigenvalue weighted by atomic mass is 10.1. The number of hydrogen-bond acceptors (Lipinski definition) is 3. The first kappa shape index (κ1) is 18.7. The predicted octanol–water partition coefficient (Wildman–Crippen LogP) is 5.06. The molecular weight excluding hydrogens is 373 g/mol. The van der Waals surface area contributed by atoms with Crippen molar-refractivity contribution >= 4 is 15.9 Å². The van der Waals surface area contributed by atoms with Gasteiger partial charge in [0.25, 0.3) is 0 Å². The molecule has 0 unspecified atom stereocenters. The van der Waals surface area contributed by atoms with Gasteiger partial charge in [-0.3, -0.25) is 0 Å². The van der Waals surface area contributed by atoms with E-state index in [2.05, 4.69) is 21.2 Å². The quantitative estimate of drug-likeness (QED) is 0.676. The van der Waals surface area contributed by atoms with E-state index in [1.54, 1.807) is 12.1 Å². The highest BCUT2D eigenvalue weighted by Crippen LogP contribution is 2.37. The summed E-state index contributed by atoms with van der Waals surface area (Å²) in [5.74, 6) is 1.25. The maximum absolute atomic E-state index is 12.9. The third-order valence-electron chi connectivity index (χ3n) is 3.29. The summed E-state index contributed by atoms with van der Waals surface area (Å²) in [6, 6.07) is 10.5. The van der Waals surface area contributed by atoms with E-state index < -0.39 is 0 Å². The molecule has 5 heteroatoms. The fraction of sp³-hybridized carbons (Fsp3) is 0.368. The average Bonchev–Trinajstić information content (AvgIpc) is 2.53. The molecule has 2 aromatic carbocycles. The van der Waals surface area contributed by atoms with Crippen LogP contribution in [-0.4, -0.2) is 12.7 Å². The zero-order chi connectivity index (χ0) is 17.5. The summed E-state index contributed by atoms with van der Waals surface area (Å²) in [6.45, 7) is 7.85. The smallest absolute Gasteiger partial charge is 0.175 e. The number of hydrogen-bond donors (Lipinski definition) is 1. The number of nitrogens with one attached hydrogen (secondary N) is 1. The first-order valence-corrected chi connectivity index (χ1v) is 8.86. The normalized spacial score (nSPS) is 10.9. The van der Waals surface area contributed by atoms with Crippen molar-refractivity contribution in [3.8, 4) is 11.5 Å². The molecule has 0 aliphatic heterocycles. The molecular formula is C19H23BrFNO2. The second-order valence-electron chi connectivity index (χ2n) is 5.73. The molecule has 0 bridgehead atoms. The molecule has 0 saturated carbocycles. The molecule has 0 aliphatic carbocycles. The Hall–Kier alpha value is -1.59. The Morgan fingerprint density at radius 3 is 2.38 bits per heavy atom. The lowest BCUT2D eigenvalue weighted by molar-refractivity contribution is 0.222. The van der Waals surface area contributed by atoms with Crippen molar-refractivity contribution in [3.63, 3.8) is 0 Å². The average molecular weight is 396 g/mol. The molecule has 2 rings (SSSR count). The van der Waals surface area contributed by atoms with Gasteiger partial charge in [0, 0.05) is 13.1 Å². The van der Waals surface area contributed by atoms with Gasteiger partial charge in [-0.15, -0.1) is 0 Å². The van der Waals surface area contributed by atoms with Gasteiger partial charge in [0.1, 0.15) is 5.82 Å². The minimum atomic E-state index is -0.218. The van der Waals surface area contributed by atoms with Crippen molar-refractivity contribution in [2.75, 3.05) is 6.61 Å². The maximum Gasteiger partial charge on any atom is 0.175 e. The molecule has 0 amide bonds. The third kappa shape index (κ3) is 5.49. The number of rotatable bonds is 8. The number of benzene rings is 2. The summed E-state index contributed by atoms with van der Waals surface area (Å²) in [7, 11) is 0. The van der Waals surface area contributed by atoms with Crippen LogP contribution in [0.15, 0.2) is 40.9 Å². The van der Waals surface area contributed by atoms with Gasteiger partial charge in [-0.25, -0.2) is 4.39 Å². The molecule has 3 nitrogen and oxygen atoms in total. The Morgan fingerprint density at radius 2 is 1.75 bits per heavy atom. The van der Waals surface area contributed by atoms with Crippen LogP contribution in [0, 0.1) is 5.82 Å². The fourth-order valence-corrected chi connectivity index (χ4v) is 2.87. The second-order valence-corrected chi connectivity index (χ2v) is 6.59. The third-order valence-corrected chi connectivity index (χ3v) is 3.88. The summed E-state index contributed by atoms with van der Waals surface area (Å²) < 4.78 is 25.3. The van der Waals surface area contributed by atoms with E-state index in [1.165, 1.54) is 12.1 Å². The van der Waals surface area contributed by atoms with Gasteiger partial charge in [0.2, 0.25) is 0 Å². The lowest BCUT2D eigenvalue weighted by Crippen LogP contribution is -2.13. The van der Waals surface area contributed by atoms with Gasteiger partial charge in [0.05, 0.1) is 17.2 Å². The van der Waals surface area contributed by atoms with E-state index >= 15 is 0 Å². The maximum atomic E-state index is 12.9. The summed E-state index contributed by atoms with van der Waals surface area (Å²) >= 11 is 3.57. The molecule has 0 aliphatic rings. The molecule has 0 aromatic heterocycles. The van der Waals surface area contributed by atoms with Gasteiger partial charge >= 0.3 is 0 Å². The van der Waals surface area contributed by atoms with Crippen molar-refractivity contribution in [2.24, 2.45) is 0 Å². The minimum Gasteiger partial charge on any atom is -0.490 e. The second kappa shape index (κ2) is 9.04. The first-order chi connectivity index (χ1) is 11.5. The molecule has 2 aromatic rings. The van der Waals surface area contributed by atoms with Crippen LogP contribution < -0.4 is 14.8 Å². The van der Waals surface area contributed by atoms with E-state index in [0.717, 1.165) is 27.1 Å². The van der Waals surface area contributed by atoms with Gasteiger partial charge in [-0.1, -0.05) is 12.1 Å². The highest BCUT2D eigenvalue weighted by Gasteiger charge is 2.13. The van der Waals surface area contributed by atoms with Crippen LogP contribution in [0.1, 0.15) is 31.9 Å². The van der Waals surface area contributed by atoms with Crippen LogP contribution in [-0.2, 0) is 13.1 Å². The molecule has 1 N–H and O–H groups in total. The molecule has 0 saturated heterocycles. The van der Waals surface area contributed by atoms with Crippen LogP contribution >= 0.6 is 15.9 Å². The molecule has 0 heterocycles. The highest BCUT2D eigenvalue weighted by atomic mass is 79.9. The number of ether oxygens (including phenoxy) is 2. The van der Waals surface area contributed by atoms with Crippen LogP contribution in [0.4, 0.5) is 4.39 Å². The molecule has 24 heavy (non-hydrogen) atoms. The molecule has 0 atom stereocenters. The van der Waals surface area contributed by atoms with E-state index in [9.17, 15) is 4.39 Å². The van der Waals surface area contributed by atoms with E-state index in [4.69, 9.17) is 9.47 Å². The van der Waals surface area contributed by atoms with Crippen LogP contribution in [0.25, 0.3) is 0 Å². The van der Waals surface area contributed by atoms with E-state index in [1.807, 2.05) is 32.9 Å². The van der Waals surface area contributed by atoms with Crippen molar-refractivity contribution < 1.29 is 13.9 Å². The molecule has 0 spiro atoms. The Balaban J connectivity index is 2.05. The summed E-state index contributed by atoms with van der Waals surface area (Å²) in [6.07, 6.45) is 0.0722. The largest absolute Gasteiger partial charge is 0.490 e. The summed E-state index contributed by atoms with van der Waals surface area (Å²) in [4.78, 5) is 0. The Bertz CT molecular complexity index is 659. The predicted molar refractivity (Wildman–Crippen MR) is 98.0 cm³/mol. The van der Waals surface area contributed by atoms with Gasteiger partial charge < -0.3 is 14.8 Å². The monoisotopic (exact) mass is 395 g/mol. The Labute approximate surface area is 151 Å². The van der Waals surface area contributed by atoms with E-state index in [0.29, 0.717) is 19.7 Å². The van der Waals surface area contributed by atoms with Crippen molar-refractivity contribution in [3.05, 3.63) is 57.8 Å². The molecule has 0 radical (unpaired) electrons. The zero-order valence-electron chi connectivity index (χ0n) is 14.2.